The van der Waals surface area contributed by atoms with Gasteiger partial charge in [-0.1, -0.05) is 6.07 Å². The topological polar surface area (TPSA) is 77.9 Å². The Hall–Kier alpha value is -2.47. The summed E-state index contributed by atoms with van der Waals surface area (Å²) in [5.41, 5.74) is 6.43. The summed E-state index contributed by atoms with van der Waals surface area (Å²) in [5.74, 6) is 2.13. The summed E-state index contributed by atoms with van der Waals surface area (Å²) in [5, 5.41) is 0. The normalized spacial score (nSPS) is 12.5. The highest BCUT2D eigenvalue weighted by atomic mass is 16.7. The van der Waals surface area contributed by atoms with E-state index in [2.05, 4.69) is 0 Å². The molecule has 0 radical (unpaired) electrons. The van der Waals surface area contributed by atoms with Gasteiger partial charge in [0.25, 0.3) is 5.91 Å². The van der Waals surface area contributed by atoms with Crippen molar-refractivity contribution in [1.82, 2.24) is 4.90 Å². The molecule has 6 nitrogen and oxygen atoms in total. The molecule has 1 aliphatic rings. The van der Waals surface area contributed by atoms with Crippen LogP contribution in [0.5, 0.6) is 11.5 Å². The predicted octanol–water partition coefficient (Wildman–Crippen LogP) is 1.74. The number of furan rings is 1. The number of carbonyl (C=O) groups excluding carboxylic acids is 1. The summed E-state index contributed by atoms with van der Waals surface area (Å²) in [7, 11) is 1.72. The standard InChI is InChI=1S/C15H16N2O4/c1-17(15(18)13-5-3-11(7-16)21-13)8-10-2-4-12-14(6-10)20-9-19-12/h2-6H,7-9,16H2,1H3. The van der Waals surface area contributed by atoms with Gasteiger partial charge in [0, 0.05) is 13.6 Å². The lowest BCUT2D eigenvalue weighted by molar-refractivity contribution is 0.0751. The summed E-state index contributed by atoms with van der Waals surface area (Å²) in [6, 6.07) is 8.97. The summed E-state index contributed by atoms with van der Waals surface area (Å²) in [6.07, 6.45) is 0. The second-order valence-corrected chi connectivity index (χ2v) is 4.82. The Kier molecular flexibility index (Phi) is 3.53. The lowest BCUT2D eigenvalue weighted by atomic mass is 10.2. The van der Waals surface area contributed by atoms with Crippen molar-refractivity contribution >= 4 is 5.91 Å². The highest BCUT2D eigenvalue weighted by molar-refractivity contribution is 5.91. The van der Waals surface area contributed by atoms with Crippen molar-refractivity contribution in [2.24, 2.45) is 5.73 Å². The van der Waals surface area contributed by atoms with Crippen LogP contribution in [0.2, 0.25) is 0 Å². The van der Waals surface area contributed by atoms with E-state index in [1.165, 1.54) is 0 Å². The van der Waals surface area contributed by atoms with Crippen molar-refractivity contribution in [3.63, 3.8) is 0 Å². The fourth-order valence-electron chi connectivity index (χ4n) is 2.18. The molecule has 21 heavy (non-hydrogen) atoms. The van der Waals surface area contributed by atoms with E-state index in [1.54, 1.807) is 24.1 Å². The van der Waals surface area contributed by atoms with Crippen LogP contribution in [0.15, 0.2) is 34.7 Å². The zero-order chi connectivity index (χ0) is 14.8. The zero-order valence-corrected chi connectivity index (χ0v) is 11.7. The molecule has 0 spiro atoms. The van der Waals surface area contributed by atoms with Crippen LogP contribution in [-0.4, -0.2) is 24.6 Å². The molecule has 6 heteroatoms. The van der Waals surface area contributed by atoms with E-state index in [-0.39, 0.29) is 19.2 Å². The van der Waals surface area contributed by atoms with Crippen molar-refractivity contribution in [3.8, 4) is 11.5 Å². The quantitative estimate of drug-likeness (QED) is 0.927. The van der Waals surface area contributed by atoms with Gasteiger partial charge in [-0.15, -0.1) is 0 Å². The van der Waals surface area contributed by atoms with E-state index in [9.17, 15) is 4.79 Å². The average Bonchev–Trinajstić information content (AvgIpc) is 3.14. The first-order valence-corrected chi connectivity index (χ1v) is 6.60. The predicted molar refractivity (Wildman–Crippen MR) is 75.0 cm³/mol. The van der Waals surface area contributed by atoms with Crippen LogP contribution in [0.4, 0.5) is 0 Å². The molecular weight excluding hydrogens is 272 g/mol. The van der Waals surface area contributed by atoms with Gasteiger partial charge in [0.05, 0.1) is 6.54 Å². The van der Waals surface area contributed by atoms with E-state index in [4.69, 9.17) is 19.6 Å². The number of nitrogens with two attached hydrogens (primary N) is 1. The number of hydrogen-bond donors (Lipinski definition) is 1. The Morgan fingerprint density at radius 1 is 1.24 bits per heavy atom. The van der Waals surface area contributed by atoms with E-state index >= 15 is 0 Å². The molecule has 0 aliphatic carbocycles. The van der Waals surface area contributed by atoms with Gasteiger partial charge in [-0.25, -0.2) is 0 Å². The van der Waals surface area contributed by atoms with Crippen molar-refractivity contribution in [3.05, 3.63) is 47.4 Å². The highest BCUT2D eigenvalue weighted by Crippen LogP contribution is 2.32. The molecule has 0 atom stereocenters. The number of hydrogen-bond acceptors (Lipinski definition) is 5. The fourth-order valence-corrected chi connectivity index (χ4v) is 2.18. The van der Waals surface area contributed by atoms with Crippen LogP contribution >= 0.6 is 0 Å². The third kappa shape index (κ3) is 2.71. The molecule has 1 aromatic heterocycles. The van der Waals surface area contributed by atoms with Gasteiger partial charge in [-0.3, -0.25) is 4.79 Å². The molecule has 3 rings (SSSR count). The maximum atomic E-state index is 12.2. The van der Waals surface area contributed by atoms with Gasteiger partial charge in [-0.2, -0.15) is 0 Å². The molecule has 2 N–H and O–H groups in total. The zero-order valence-electron chi connectivity index (χ0n) is 11.7. The van der Waals surface area contributed by atoms with Crippen molar-refractivity contribution in [2.75, 3.05) is 13.8 Å². The van der Waals surface area contributed by atoms with E-state index in [1.807, 2.05) is 18.2 Å². The van der Waals surface area contributed by atoms with Gasteiger partial charge in [0.2, 0.25) is 6.79 Å². The Balaban J connectivity index is 1.70. The van der Waals surface area contributed by atoms with Gasteiger partial charge in [0.15, 0.2) is 17.3 Å². The number of fused-ring (bicyclic) bond motifs is 1. The molecule has 110 valence electrons. The molecule has 1 aromatic carbocycles. The molecule has 1 amide bonds. The van der Waals surface area contributed by atoms with E-state index in [0.717, 1.165) is 11.3 Å². The summed E-state index contributed by atoms with van der Waals surface area (Å²) >= 11 is 0. The second kappa shape index (κ2) is 5.49. The molecular formula is C15H16N2O4. The molecule has 0 bridgehead atoms. The molecule has 0 saturated heterocycles. The Morgan fingerprint density at radius 3 is 2.81 bits per heavy atom. The summed E-state index contributed by atoms with van der Waals surface area (Å²) in [4.78, 5) is 13.8. The first-order chi connectivity index (χ1) is 10.2. The van der Waals surface area contributed by atoms with Gasteiger partial charge < -0.3 is 24.5 Å². The monoisotopic (exact) mass is 288 g/mol. The van der Waals surface area contributed by atoms with Crippen LogP contribution in [0.25, 0.3) is 0 Å². The third-order valence-electron chi connectivity index (χ3n) is 3.28. The Bertz CT molecular complexity index is 665. The van der Waals surface area contributed by atoms with Crippen LogP contribution in [0.1, 0.15) is 21.9 Å². The fraction of sp³-hybridized carbons (Fsp3) is 0.267. The second-order valence-electron chi connectivity index (χ2n) is 4.82. The molecule has 0 fully saturated rings. The number of benzene rings is 1. The SMILES string of the molecule is CN(Cc1ccc2c(c1)OCO2)C(=O)c1ccc(CN)o1. The minimum absolute atomic E-state index is 0.188. The molecule has 0 unspecified atom stereocenters. The number of nitrogens with zero attached hydrogens (tertiary/aromatic N) is 1. The lowest BCUT2D eigenvalue weighted by Gasteiger charge is -2.16. The minimum atomic E-state index is -0.188. The van der Waals surface area contributed by atoms with Crippen molar-refractivity contribution in [1.29, 1.82) is 0 Å². The maximum Gasteiger partial charge on any atom is 0.289 e. The maximum absolute atomic E-state index is 12.2. The van der Waals surface area contributed by atoms with Crippen LogP contribution in [0, 0.1) is 0 Å². The van der Waals surface area contributed by atoms with E-state index < -0.39 is 0 Å². The van der Waals surface area contributed by atoms with Crippen LogP contribution < -0.4 is 15.2 Å². The van der Waals surface area contributed by atoms with Crippen LogP contribution in [-0.2, 0) is 13.1 Å². The van der Waals surface area contributed by atoms with Gasteiger partial charge in [0.1, 0.15) is 5.76 Å². The largest absolute Gasteiger partial charge is 0.455 e. The number of ether oxygens (including phenoxy) is 2. The summed E-state index contributed by atoms with van der Waals surface area (Å²) in [6.45, 7) is 0.967. The highest BCUT2D eigenvalue weighted by Gasteiger charge is 2.18. The summed E-state index contributed by atoms with van der Waals surface area (Å²) < 4.78 is 16.0. The molecule has 0 saturated carbocycles. The van der Waals surface area contributed by atoms with Crippen molar-refractivity contribution < 1.29 is 18.7 Å². The third-order valence-corrected chi connectivity index (χ3v) is 3.28. The van der Waals surface area contributed by atoms with Crippen molar-refractivity contribution in [2.45, 2.75) is 13.1 Å². The van der Waals surface area contributed by atoms with Gasteiger partial charge >= 0.3 is 0 Å². The van der Waals surface area contributed by atoms with Gasteiger partial charge in [-0.05, 0) is 29.8 Å². The first-order valence-electron chi connectivity index (χ1n) is 6.60. The number of rotatable bonds is 4. The van der Waals surface area contributed by atoms with E-state index in [0.29, 0.717) is 23.8 Å². The molecule has 2 aromatic rings. The molecule has 2 heterocycles. The Labute approximate surface area is 122 Å². The smallest absolute Gasteiger partial charge is 0.289 e. The van der Waals surface area contributed by atoms with Crippen LogP contribution in [0.3, 0.4) is 0 Å². The first kappa shape index (κ1) is 13.5. The molecule has 1 aliphatic heterocycles. The lowest BCUT2D eigenvalue weighted by Crippen LogP contribution is -2.25. The Morgan fingerprint density at radius 2 is 2.05 bits per heavy atom. The average molecular weight is 288 g/mol. The number of carbonyl (C=O) groups is 1. The number of amides is 1. The minimum Gasteiger partial charge on any atom is -0.455 e.